The third-order valence-corrected chi connectivity index (χ3v) is 10.1. The van der Waals surface area contributed by atoms with Crippen molar-refractivity contribution < 1.29 is 47.5 Å². The standard InChI is InChI=1S/C48H80NO10P/c1-3-5-7-9-11-13-15-17-19-21-22-24-25-27-29-31-33-35-37-39-46(50)56-41-44(42-57-60(54,55)58-43-45(49)48(52)53)59-47(51)40-38-36-34-32-30-28-26-23-20-18-16-14-12-10-8-6-4-2/h6,8,11-14,17-20,26,28,32,34,44-45H,3-5,7,9-10,15-16,21-25,27,29-31,33,35-43,49H2,1-2H3,(H,52,53)(H,54,55)/b8-6+,13-11+,14-12+,19-17+,20-18+,28-26+,34-32+/t44-,45+/m1/s1. The fraction of sp³-hybridized carbons (Fsp3) is 0.646. The molecule has 0 aromatic carbocycles. The quantitative estimate of drug-likeness (QED) is 0.0231. The smallest absolute Gasteiger partial charge is 0.472 e. The van der Waals surface area contributed by atoms with E-state index in [1.807, 2.05) is 12.2 Å². The minimum Gasteiger partial charge on any atom is -0.480 e. The summed E-state index contributed by atoms with van der Waals surface area (Å²) in [5, 5.41) is 8.90. The summed E-state index contributed by atoms with van der Waals surface area (Å²) in [5.41, 5.74) is 5.33. The van der Waals surface area contributed by atoms with E-state index >= 15 is 0 Å². The molecule has 0 aromatic heterocycles. The van der Waals surface area contributed by atoms with E-state index in [4.69, 9.17) is 24.8 Å². The van der Waals surface area contributed by atoms with Gasteiger partial charge in [-0.15, -0.1) is 0 Å². The van der Waals surface area contributed by atoms with Crippen molar-refractivity contribution in [2.75, 3.05) is 19.8 Å². The molecule has 0 rings (SSSR count). The Balaban J connectivity index is 4.43. The number of hydrogen-bond acceptors (Lipinski definition) is 9. The van der Waals surface area contributed by atoms with Crippen LogP contribution in [0.3, 0.4) is 0 Å². The first-order valence-corrected chi connectivity index (χ1v) is 24.1. The van der Waals surface area contributed by atoms with Crippen LogP contribution in [0.1, 0.15) is 168 Å². The number of carbonyl (C=O) groups is 3. The molecule has 0 aromatic rings. The van der Waals surface area contributed by atoms with E-state index in [9.17, 15) is 23.8 Å². The number of carboxylic acid groups (broad SMARTS) is 1. The number of esters is 2. The third-order valence-electron chi connectivity index (χ3n) is 9.13. The molecule has 0 spiro atoms. The zero-order chi connectivity index (χ0) is 44.2. The summed E-state index contributed by atoms with van der Waals surface area (Å²) in [5.74, 6) is -2.47. The molecule has 12 heteroatoms. The molecule has 3 atom stereocenters. The number of nitrogens with two attached hydrogens (primary N) is 1. The van der Waals surface area contributed by atoms with Gasteiger partial charge in [0.15, 0.2) is 6.10 Å². The first-order valence-electron chi connectivity index (χ1n) is 22.6. The highest BCUT2D eigenvalue weighted by atomic mass is 31.2. The summed E-state index contributed by atoms with van der Waals surface area (Å²) in [7, 11) is -4.74. The van der Waals surface area contributed by atoms with Gasteiger partial charge in [-0.25, -0.2) is 4.57 Å². The minimum absolute atomic E-state index is 0.0776. The van der Waals surface area contributed by atoms with Crippen LogP contribution < -0.4 is 5.73 Å². The van der Waals surface area contributed by atoms with E-state index in [-0.39, 0.29) is 19.4 Å². The summed E-state index contributed by atoms with van der Waals surface area (Å²) in [6, 6.07) is -1.54. The van der Waals surface area contributed by atoms with E-state index in [2.05, 4.69) is 91.3 Å². The fourth-order valence-corrected chi connectivity index (χ4v) is 6.38. The van der Waals surface area contributed by atoms with Gasteiger partial charge >= 0.3 is 25.7 Å². The van der Waals surface area contributed by atoms with Crippen LogP contribution in [0, 0.1) is 0 Å². The van der Waals surface area contributed by atoms with E-state index in [0.717, 1.165) is 64.2 Å². The van der Waals surface area contributed by atoms with Crippen molar-refractivity contribution in [3.05, 3.63) is 85.1 Å². The summed E-state index contributed by atoms with van der Waals surface area (Å²) in [6.07, 6.45) is 52.2. The molecular formula is C48H80NO10P. The summed E-state index contributed by atoms with van der Waals surface area (Å²) >= 11 is 0. The second-order valence-corrected chi connectivity index (χ2v) is 16.2. The molecule has 1 unspecified atom stereocenters. The largest absolute Gasteiger partial charge is 0.480 e. The molecule has 0 bridgehead atoms. The number of aliphatic carboxylic acids is 1. The van der Waals surface area contributed by atoms with Crippen LogP contribution in [0.5, 0.6) is 0 Å². The average molecular weight is 862 g/mol. The van der Waals surface area contributed by atoms with Crippen molar-refractivity contribution in [1.29, 1.82) is 0 Å². The van der Waals surface area contributed by atoms with Crippen molar-refractivity contribution in [2.45, 2.75) is 180 Å². The average Bonchev–Trinajstić information content (AvgIpc) is 3.22. The van der Waals surface area contributed by atoms with E-state index in [1.165, 1.54) is 57.8 Å². The lowest BCUT2D eigenvalue weighted by molar-refractivity contribution is -0.161. The number of rotatable bonds is 41. The molecule has 4 N–H and O–H groups in total. The molecule has 0 fully saturated rings. The van der Waals surface area contributed by atoms with Crippen molar-refractivity contribution in [3.63, 3.8) is 0 Å². The van der Waals surface area contributed by atoms with Gasteiger partial charge in [0.05, 0.1) is 13.2 Å². The number of unbranched alkanes of at least 4 members (excludes halogenated alkanes) is 13. The summed E-state index contributed by atoms with van der Waals surface area (Å²) in [6.45, 7) is 2.59. The first-order chi connectivity index (χ1) is 29.1. The zero-order valence-corrected chi connectivity index (χ0v) is 37.9. The lowest BCUT2D eigenvalue weighted by Crippen LogP contribution is -2.34. The maximum Gasteiger partial charge on any atom is 0.472 e. The molecule has 342 valence electrons. The third kappa shape index (κ3) is 41.4. The number of hydrogen-bond donors (Lipinski definition) is 3. The van der Waals surface area contributed by atoms with Gasteiger partial charge in [-0.1, -0.05) is 157 Å². The SMILES string of the molecule is CC/C=C/C/C=C/C/C=C/C/C=C/C/C=C/CCCC(=O)O[C@H](COC(=O)CCCCCCCCCCC/C=C/C/C=C/CCCCC)COP(=O)(O)OC[C@H](N)C(=O)O. The zero-order valence-electron chi connectivity index (χ0n) is 37.0. The van der Waals surface area contributed by atoms with E-state index in [0.29, 0.717) is 19.3 Å². The maximum atomic E-state index is 12.6. The van der Waals surface area contributed by atoms with Crippen LogP contribution in [-0.2, 0) is 37.5 Å². The molecule has 0 aliphatic rings. The number of carboxylic acids is 1. The second kappa shape index (κ2) is 42.4. The van der Waals surface area contributed by atoms with Gasteiger partial charge in [0.25, 0.3) is 0 Å². The van der Waals surface area contributed by atoms with Gasteiger partial charge in [0.2, 0.25) is 0 Å². The Bertz CT molecular complexity index is 1340. The highest BCUT2D eigenvalue weighted by Gasteiger charge is 2.28. The fourth-order valence-electron chi connectivity index (χ4n) is 5.60. The Morgan fingerprint density at radius 2 is 0.950 bits per heavy atom. The van der Waals surface area contributed by atoms with E-state index < -0.39 is 51.1 Å². The van der Waals surface area contributed by atoms with Crippen molar-refractivity contribution >= 4 is 25.7 Å². The molecule has 0 saturated heterocycles. The van der Waals surface area contributed by atoms with Gasteiger partial charge in [-0.05, 0) is 83.5 Å². The van der Waals surface area contributed by atoms with E-state index in [1.54, 1.807) is 0 Å². The molecule has 60 heavy (non-hydrogen) atoms. The number of phosphoric acid groups is 1. The topological polar surface area (TPSA) is 172 Å². The summed E-state index contributed by atoms with van der Waals surface area (Å²) < 4.78 is 32.7. The van der Waals surface area contributed by atoms with Crippen LogP contribution in [0.4, 0.5) is 0 Å². The van der Waals surface area contributed by atoms with Crippen LogP contribution in [0.2, 0.25) is 0 Å². The Labute approximate surface area is 362 Å². The number of phosphoric ester groups is 1. The Morgan fingerprint density at radius 1 is 0.533 bits per heavy atom. The lowest BCUT2D eigenvalue weighted by atomic mass is 10.1. The molecule has 0 aliphatic heterocycles. The normalized spacial score (nSPS) is 14.5. The van der Waals surface area contributed by atoms with Crippen molar-refractivity contribution in [1.82, 2.24) is 0 Å². The molecule has 0 heterocycles. The van der Waals surface area contributed by atoms with Crippen molar-refractivity contribution in [2.24, 2.45) is 5.73 Å². The molecular weight excluding hydrogens is 781 g/mol. The molecule has 0 saturated carbocycles. The van der Waals surface area contributed by atoms with Crippen molar-refractivity contribution in [3.8, 4) is 0 Å². The number of carbonyl (C=O) groups excluding carboxylic acids is 2. The minimum atomic E-state index is -4.74. The predicted octanol–water partition coefficient (Wildman–Crippen LogP) is 12.3. The number of ether oxygens (including phenoxy) is 2. The Morgan fingerprint density at radius 3 is 1.45 bits per heavy atom. The monoisotopic (exact) mass is 862 g/mol. The Hall–Kier alpha value is -3.34. The van der Waals surface area contributed by atoms with Gasteiger partial charge < -0.3 is 25.2 Å². The molecule has 0 aliphatic carbocycles. The lowest BCUT2D eigenvalue weighted by Gasteiger charge is -2.20. The molecule has 0 radical (unpaired) electrons. The first kappa shape index (κ1) is 56.7. The summed E-state index contributed by atoms with van der Waals surface area (Å²) in [4.78, 5) is 46.0. The van der Waals surface area contributed by atoms with Crippen LogP contribution >= 0.6 is 7.82 Å². The van der Waals surface area contributed by atoms with Crippen LogP contribution in [0.25, 0.3) is 0 Å². The highest BCUT2D eigenvalue weighted by molar-refractivity contribution is 7.47. The van der Waals surface area contributed by atoms with Crippen LogP contribution in [-0.4, -0.2) is 59.9 Å². The maximum absolute atomic E-state index is 12.6. The van der Waals surface area contributed by atoms with Gasteiger partial charge in [0.1, 0.15) is 12.6 Å². The predicted molar refractivity (Wildman–Crippen MR) is 244 cm³/mol. The molecule has 11 nitrogen and oxygen atoms in total. The van der Waals surface area contributed by atoms with Gasteiger partial charge in [-0.3, -0.25) is 23.4 Å². The Kier molecular flexibility index (Phi) is 40.0. The van der Waals surface area contributed by atoms with Gasteiger partial charge in [0, 0.05) is 12.8 Å². The van der Waals surface area contributed by atoms with Gasteiger partial charge in [-0.2, -0.15) is 0 Å². The highest BCUT2D eigenvalue weighted by Crippen LogP contribution is 2.43. The second-order valence-electron chi connectivity index (χ2n) is 14.8. The number of allylic oxidation sites excluding steroid dienone is 14. The molecule has 0 amide bonds. The van der Waals surface area contributed by atoms with Crippen LogP contribution in [0.15, 0.2) is 85.1 Å².